The van der Waals surface area contributed by atoms with Crippen molar-refractivity contribution in [3.63, 3.8) is 0 Å². The van der Waals surface area contributed by atoms with E-state index in [9.17, 15) is 4.79 Å². The fourth-order valence-corrected chi connectivity index (χ4v) is 3.19. The first-order chi connectivity index (χ1) is 12.9. The van der Waals surface area contributed by atoms with Gasteiger partial charge in [0.05, 0.1) is 6.04 Å². The first-order valence-corrected chi connectivity index (χ1v) is 9.47. The van der Waals surface area contributed by atoms with Crippen LogP contribution < -0.4 is 14.8 Å². The predicted octanol–water partition coefficient (Wildman–Crippen LogP) is 4.65. The first kappa shape index (κ1) is 19.4. The standard InChI is InChI=1S/C21H25ClN2O3/c1-14(2)20(16-6-9-18-19(12-16)27-11-10-26-18)23-21(25)24(3)13-15-4-7-17(22)8-5-15/h4-9,12,14,20H,10-11,13H2,1-3H3,(H,23,25)/t20-/m1/s1. The van der Waals surface area contributed by atoms with Gasteiger partial charge in [0.25, 0.3) is 0 Å². The summed E-state index contributed by atoms with van der Waals surface area (Å²) in [6, 6.07) is 13.1. The zero-order valence-corrected chi connectivity index (χ0v) is 16.6. The van der Waals surface area contributed by atoms with Gasteiger partial charge in [0.2, 0.25) is 0 Å². The SMILES string of the molecule is CC(C)[C@@H](NC(=O)N(C)Cc1ccc(Cl)cc1)c1ccc2c(c1)OCCO2. The summed E-state index contributed by atoms with van der Waals surface area (Å²) in [5.74, 6) is 1.70. The fourth-order valence-electron chi connectivity index (χ4n) is 3.07. The molecular weight excluding hydrogens is 364 g/mol. The van der Waals surface area contributed by atoms with E-state index in [-0.39, 0.29) is 18.0 Å². The van der Waals surface area contributed by atoms with Crippen LogP contribution in [-0.2, 0) is 6.54 Å². The molecular formula is C21H25ClN2O3. The number of ether oxygens (including phenoxy) is 2. The third kappa shape index (κ3) is 4.86. The second-order valence-corrected chi connectivity index (χ2v) is 7.49. The summed E-state index contributed by atoms with van der Waals surface area (Å²) in [7, 11) is 1.78. The number of amides is 2. The van der Waals surface area contributed by atoms with Gasteiger partial charge in [-0.1, -0.05) is 43.6 Å². The number of carbonyl (C=O) groups excluding carboxylic acids is 1. The molecule has 0 aromatic heterocycles. The van der Waals surface area contributed by atoms with Crippen molar-refractivity contribution in [3.8, 4) is 11.5 Å². The maximum atomic E-state index is 12.7. The molecule has 0 unspecified atom stereocenters. The molecule has 0 saturated heterocycles. The summed E-state index contributed by atoms with van der Waals surface area (Å²) in [5, 5.41) is 3.82. The lowest BCUT2D eigenvalue weighted by Gasteiger charge is -2.28. The molecule has 0 spiro atoms. The van der Waals surface area contributed by atoms with Crippen molar-refractivity contribution in [2.75, 3.05) is 20.3 Å². The molecule has 1 heterocycles. The van der Waals surface area contributed by atoms with E-state index in [2.05, 4.69) is 19.2 Å². The molecule has 1 atom stereocenters. The first-order valence-electron chi connectivity index (χ1n) is 9.09. The van der Waals surface area contributed by atoms with Crippen molar-refractivity contribution in [3.05, 3.63) is 58.6 Å². The number of hydrogen-bond acceptors (Lipinski definition) is 3. The minimum atomic E-state index is -0.126. The molecule has 0 bridgehead atoms. The monoisotopic (exact) mass is 388 g/mol. The number of fused-ring (bicyclic) bond motifs is 1. The highest BCUT2D eigenvalue weighted by Crippen LogP contribution is 2.34. The van der Waals surface area contributed by atoms with Gasteiger partial charge in [0.15, 0.2) is 11.5 Å². The average Bonchev–Trinajstić information content (AvgIpc) is 2.67. The zero-order valence-electron chi connectivity index (χ0n) is 15.9. The Balaban J connectivity index is 1.70. The summed E-state index contributed by atoms with van der Waals surface area (Å²) in [4.78, 5) is 14.4. The van der Waals surface area contributed by atoms with E-state index in [0.29, 0.717) is 24.8 Å². The molecule has 2 amide bonds. The molecule has 27 heavy (non-hydrogen) atoms. The Morgan fingerprint density at radius 3 is 2.44 bits per heavy atom. The van der Waals surface area contributed by atoms with Gasteiger partial charge in [0, 0.05) is 18.6 Å². The lowest BCUT2D eigenvalue weighted by Crippen LogP contribution is -2.40. The third-order valence-corrected chi connectivity index (χ3v) is 4.80. The molecule has 144 valence electrons. The molecule has 3 rings (SSSR count). The topological polar surface area (TPSA) is 50.8 Å². The number of urea groups is 1. The van der Waals surface area contributed by atoms with Crippen molar-refractivity contribution in [1.29, 1.82) is 0 Å². The van der Waals surface area contributed by atoms with Gasteiger partial charge in [-0.05, 0) is 41.3 Å². The van der Waals surface area contributed by atoms with Crippen LogP contribution in [0.15, 0.2) is 42.5 Å². The number of rotatable bonds is 5. The van der Waals surface area contributed by atoms with E-state index in [4.69, 9.17) is 21.1 Å². The second-order valence-electron chi connectivity index (χ2n) is 7.06. The van der Waals surface area contributed by atoms with Crippen molar-refractivity contribution < 1.29 is 14.3 Å². The van der Waals surface area contributed by atoms with Crippen molar-refractivity contribution in [2.45, 2.75) is 26.4 Å². The minimum Gasteiger partial charge on any atom is -0.486 e. The molecule has 1 N–H and O–H groups in total. The molecule has 0 fully saturated rings. The van der Waals surface area contributed by atoms with Crippen LogP contribution in [0, 0.1) is 5.92 Å². The summed E-state index contributed by atoms with van der Waals surface area (Å²) in [5.41, 5.74) is 2.03. The van der Waals surface area contributed by atoms with Crippen LogP contribution in [-0.4, -0.2) is 31.2 Å². The van der Waals surface area contributed by atoms with Crippen LogP contribution in [0.3, 0.4) is 0 Å². The van der Waals surface area contributed by atoms with Crippen molar-refractivity contribution in [1.82, 2.24) is 10.2 Å². The van der Waals surface area contributed by atoms with Crippen LogP contribution in [0.5, 0.6) is 11.5 Å². The van der Waals surface area contributed by atoms with E-state index in [1.165, 1.54) is 0 Å². The maximum absolute atomic E-state index is 12.7. The van der Waals surface area contributed by atoms with Crippen LogP contribution in [0.25, 0.3) is 0 Å². The molecule has 0 saturated carbocycles. The van der Waals surface area contributed by atoms with Gasteiger partial charge < -0.3 is 19.7 Å². The van der Waals surface area contributed by atoms with E-state index < -0.39 is 0 Å². The number of nitrogens with zero attached hydrogens (tertiary/aromatic N) is 1. The summed E-state index contributed by atoms with van der Waals surface area (Å²) in [6.45, 7) is 5.78. The normalized spacial score (nSPS) is 14.0. The Labute approximate surface area is 165 Å². The zero-order chi connectivity index (χ0) is 19.4. The van der Waals surface area contributed by atoms with Gasteiger partial charge in [-0.25, -0.2) is 4.79 Å². The highest BCUT2D eigenvalue weighted by molar-refractivity contribution is 6.30. The van der Waals surface area contributed by atoms with Crippen LogP contribution in [0.1, 0.15) is 31.0 Å². The quantitative estimate of drug-likeness (QED) is 0.811. The molecule has 2 aromatic carbocycles. The molecule has 0 radical (unpaired) electrons. The molecule has 5 nitrogen and oxygen atoms in total. The Bertz CT molecular complexity index is 793. The Morgan fingerprint density at radius 2 is 1.78 bits per heavy atom. The second kappa shape index (κ2) is 8.53. The van der Waals surface area contributed by atoms with Gasteiger partial charge in [-0.2, -0.15) is 0 Å². The van der Waals surface area contributed by atoms with Gasteiger partial charge in [-0.3, -0.25) is 0 Å². The number of halogens is 1. The third-order valence-electron chi connectivity index (χ3n) is 4.55. The average molecular weight is 389 g/mol. The van der Waals surface area contributed by atoms with E-state index in [1.807, 2.05) is 42.5 Å². The lowest BCUT2D eigenvalue weighted by molar-refractivity contribution is 0.171. The fraction of sp³-hybridized carbons (Fsp3) is 0.381. The van der Waals surface area contributed by atoms with E-state index in [0.717, 1.165) is 22.6 Å². The molecule has 1 aliphatic heterocycles. The highest BCUT2D eigenvalue weighted by Gasteiger charge is 2.22. The largest absolute Gasteiger partial charge is 0.486 e. The number of nitrogens with one attached hydrogen (secondary N) is 1. The maximum Gasteiger partial charge on any atom is 0.317 e. The summed E-state index contributed by atoms with van der Waals surface area (Å²) >= 11 is 5.92. The van der Waals surface area contributed by atoms with Crippen molar-refractivity contribution in [2.24, 2.45) is 5.92 Å². The summed E-state index contributed by atoms with van der Waals surface area (Å²) < 4.78 is 11.3. The van der Waals surface area contributed by atoms with Crippen LogP contribution in [0.2, 0.25) is 5.02 Å². The molecule has 1 aliphatic rings. The Hall–Kier alpha value is -2.40. The molecule has 2 aromatic rings. The van der Waals surface area contributed by atoms with Gasteiger partial charge >= 0.3 is 6.03 Å². The van der Waals surface area contributed by atoms with Crippen molar-refractivity contribution >= 4 is 17.6 Å². The minimum absolute atomic E-state index is 0.124. The van der Waals surface area contributed by atoms with Crippen LogP contribution >= 0.6 is 11.6 Å². The van der Waals surface area contributed by atoms with E-state index >= 15 is 0 Å². The van der Waals surface area contributed by atoms with Crippen LogP contribution in [0.4, 0.5) is 4.79 Å². The highest BCUT2D eigenvalue weighted by atomic mass is 35.5. The van der Waals surface area contributed by atoms with E-state index in [1.54, 1.807) is 11.9 Å². The number of hydrogen-bond donors (Lipinski definition) is 1. The smallest absolute Gasteiger partial charge is 0.317 e. The lowest BCUT2D eigenvalue weighted by atomic mass is 9.95. The molecule has 0 aliphatic carbocycles. The Kier molecular flexibility index (Phi) is 6.11. The molecule has 6 heteroatoms. The predicted molar refractivity (Wildman–Crippen MR) is 106 cm³/mol. The van der Waals surface area contributed by atoms with Gasteiger partial charge in [0.1, 0.15) is 13.2 Å². The van der Waals surface area contributed by atoms with Gasteiger partial charge in [-0.15, -0.1) is 0 Å². The number of carbonyl (C=O) groups is 1. The number of benzene rings is 2. The Morgan fingerprint density at radius 1 is 1.11 bits per heavy atom. The summed E-state index contributed by atoms with van der Waals surface area (Å²) in [6.07, 6.45) is 0.